The van der Waals surface area contributed by atoms with E-state index in [0.29, 0.717) is 24.9 Å². The Labute approximate surface area is 116 Å². The van der Waals surface area contributed by atoms with Gasteiger partial charge in [-0.3, -0.25) is 4.79 Å². The first-order valence-corrected chi connectivity index (χ1v) is 7.81. The van der Waals surface area contributed by atoms with Crippen molar-refractivity contribution in [3.8, 4) is 0 Å². The van der Waals surface area contributed by atoms with E-state index in [1.165, 1.54) is 25.7 Å². The van der Waals surface area contributed by atoms with E-state index < -0.39 is 0 Å². The van der Waals surface area contributed by atoms with Crippen LogP contribution in [0.1, 0.15) is 52.4 Å². The fraction of sp³-hybridized carbons (Fsp3) is 0.933. The Kier molecular flexibility index (Phi) is 5.22. The lowest BCUT2D eigenvalue weighted by Gasteiger charge is -2.29. The molecular weight excluding hydrogens is 240 g/mol. The lowest BCUT2D eigenvalue weighted by atomic mass is 9.85. The molecule has 0 aromatic rings. The Bertz CT molecular complexity index is 293. The van der Waals surface area contributed by atoms with E-state index in [4.69, 9.17) is 5.11 Å². The fourth-order valence-electron chi connectivity index (χ4n) is 3.57. The number of aliphatic hydroxyl groups is 1. The van der Waals surface area contributed by atoms with Crippen LogP contribution in [-0.2, 0) is 4.79 Å². The van der Waals surface area contributed by atoms with Crippen LogP contribution in [0.15, 0.2) is 0 Å². The Hall–Kier alpha value is -0.610. The molecule has 0 aromatic carbocycles. The van der Waals surface area contributed by atoms with Gasteiger partial charge in [0, 0.05) is 25.2 Å². The van der Waals surface area contributed by atoms with Crippen LogP contribution >= 0.6 is 0 Å². The van der Waals surface area contributed by atoms with E-state index >= 15 is 0 Å². The van der Waals surface area contributed by atoms with Gasteiger partial charge in [-0.15, -0.1) is 0 Å². The summed E-state index contributed by atoms with van der Waals surface area (Å²) in [5.41, 5.74) is 0. The summed E-state index contributed by atoms with van der Waals surface area (Å²) in [6.45, 7) is 4.93. The molecule has 4 nitrogen and oxygen atoms in total. The van der Waals surface area contributed by atoms with Crippen molar-refractivity contribution in [1.82, 2.24) is 10.2 Å². The lowest BCUT2D eigenvalue weighted by molar-refractivity contribution is -0.135. The summed E-state index contributed by atoms with van der Waals surface area (Å²) < 4.78 is 0. The van der Waals surface area contributed by atoms with Crippen molar-refractivity contribution in [2.24, 2.45) is 5.92 Å². The van der Waals surface area contributed by atoms with E-state index in [1.54, 1.807) is 0 Å². The fourth-order valence-corrected chi connectivity index (χ4v) is 3.57. The van der Waals surface area contributed by atoms with Crippen molar-refractivity contribution in [3.05, 3.63) is 0 Å². The maximum atomic E-state index is 12.6. The third kappa shape index (κ3) is 3.48. The van der Waals surface area contributed by atoms with Gasteiger partial charge in [0.25, 0.3) is 0 Å². The van der Waals surface area contributed by atoms with Gasteiger partial charge < -0.3 is 15.3 Å². The second-order valence-electron chi connectivity index (χ2n) is 6.31. The monoisotopic (exact) mass is 268 g/mol. The maximum absolute atomic E-state index is 12.6. The standard InChI is InChI=1S/C15H28N2O2/c1-11(2)17(8-5-9-18)15(19)14-10-12-6-3-4-7-13(12)16-14/h11-14,16,18H,3-10H2,1-2H3. The number of fused-ring (bicyclic) bond motifs is 1. The molecule has 2 fully saturated rings. The molecule has 2 rings (SSSR count). The molecule has 1 saturated heterocycles. The maximum Gasteiger partial charge on any atom is 0.239 e. The SMILES string of the molecule is CC(C)N(CCCO)C(=O)C1CC2CCCCC2N1. The van der Waals surface area contributed by atoms with Gasteiger partial charge in [-0.2, -0.15) is 0 Å². The Balaban J connectivity index is 1.94. The van der Waals surface area contributed by atoms with Crippen molar-refractivity contribution in [2.75, 3.05) is 13.2 Å². The van der Waals surface area contributed by atoms with Gasteiger partial charge in [0.05, 0.1) is 6.04 Å². The first kappa shape index (κ1) is 14.8. The third-order valence-electron chi connectivity index (χ3n) is 4.62. The highest BCUT2D eigenvalue weighted by molar-refractivity contribution is 5.82. The summed E-state index contributed by atoms with van der Waals surface area (Å²) in [5.74, 6) is 0.937. The van der Waals surface area contributed by atoms with Crippen molar-refractivity contribution in [1.29, 1.82) is 0 Å². The number of rotatable bonds is 5. The predicted molar refractivity (Wildman–Crippen MR) is 75.8 cm³/mol. The van der Waals surface area contributed by atoms with Crippen LogP contribution in [0.4, 0.5) is 0 Å². The van der Waals surface area contributed by atoms with Crippen LogP contribution in [0.25, 0.3) is 0 Å². The van der Waals surface area contributed by atoms with Crippen LogP contribution in [0.2, 0.25) is 0 Å². The minimum absolute atomic E-state index is 0.00851. The molecule has 1 aliphatic carbocycles. The quantitative estimate of drug-likeness (QED) is 0.795. The molecule has 1 saturated carbocycles. The summed E-state index contributed by atoms with van der Waals surface area (Å²) in [6.07, 6.45) is 6.80. The second kappa shape index (κ2) is 6.71. The van der Waals surface area contributed by atoms with E-state index in [2.05, 4.69) is 19.2 Å². The molecule has 1 amide bonds. The normalized spacial score (nSPS) is 30.4. The number of hydrogen-bond acceptors (Lipinski definition) is 3. The van der Waals surface area contributed by atoms with E-state index in [0.717, 1.165) is 6.42 Å². The first-order chi connectivity index (χ1) is 9.13. The summed E-state index contributed by atoms with van der Waals surface area (Å²) in [5, 5.41) is 12.5. The van der Waals surface area contributed by atoms with Gasteiger partial charge in [0.2, 0.25) is 5.91 Å². The first-order valence-electron chi connectivity index (χ1n) is 7.81. The van der Waals surface area contributed by atoms with Crippen molar-refractivity contribution >= 4 is 5.91 Å². The molecule has 3 atom stereocenters. The summed E-state index contributed by atoms with van der Waals surface area (Å²) in [6, 6.07) is 0.784. The Morgan fingerprint density at radius 2 is 2.11 bits per heavy atom. The highest BCUT2D eigenvalue weighted by Crippen LogP contribution is 2.33. The van der Waals surface area contributed by atoms with Gasteiger partial charge in [-0.25, -0.2) is 0 Å². The molecular formula is C15H28N2O2. The van der Waals surface area contributed by atoms with Crippen LogP contribution in [0.5, 0.6) is 0 Å². The molecule has 0 bridgehead atoms. The molecule has 110 valence electrons. The molecule has 2 aliphatic rings. The van der Waals surface area contributed by atoms with Gasteiger partial charge in [0.15, 0.2) is 0 Å². The molecule has 0 radical (unpaired) electrons. The average Bonchev–Trinajstić information content (AvgIpc) is 2.82. The average molecular weight is 268 g/mol. The number of carbonyl (C=O) groups is 1. The summed E-state index contributed by atoms with van der Waals surface area (Å²) >= 11 is 0. The second-order valence-corrected chi connectivity index (χ2v) is 6.31. The molecule has 2 N–H and O–H groups in total. The molecule has 1 aliphatic heterocycles. The predicted octanol–water partition coefficient (Wildman–Crippen LogP) is 1.53. The number of aliphatic hydroxyl groups excluding tert-OH is 1. The zero-order valence-electron chi connectivity index (χ0n) is 12.3. The minimum Gasteiger partial charge on any atom is -0.396 e. The largest absolute Gasteiger partial charge is 0.396 e. The molecule has 4 heteroatoms. The zero-order chi connectivity index (χ0) is 13.8. The van der Waals surface area contributed by atoms with E-state index in [-0.39, 0.29) is 24.6 Å². The third-order valence-corrected chi connectivity index (χ3v) is 4.62. The van der Waals surface area contributed by atoms with Crippen LogP contribution < -0.4 is 5.32 Å². The number of nitrogens with one attached hydrogen (secondary N) is 1. The molecule has 0 spiro atoms. The number of nitrogens with zero attached hydrogens (tertiary/aromatic N) is 1. The van der Waals surface area contributed by atoms with Crippen LogP contribution in [0, 0.1) is 5.92 Å². The molecule has 3 unspecified atom stereocenters. The van der Waals surface area contributed by atoms with Crippen molar-refractivity contribution < 1.29 is 9.90 Å². The topological polar surface area (TPSA) is 52.6 Å². The van der Waals surface area contributed by atoms with Crippen molar-refractivity contribution in [3.63, 3.8) is 0 Å². The summed E-state index contributed by atoms with van der Waals surface area (Å²) in [7, 11) is 0. The summed E-state index contributed by atoms with van der Waals surface area (Å²) in [4.78, 5) is 14.5. The van der Waals surface area contributed by atoms with Gasteiger partial charge in [0.1, 0.15) is 0 Å². The van der Waals surface area contributed by atoms with E-state index in [9.17, 15) is 4.79 Å². The van der Waals surface area contributed by atoms with E-state index in [1.807, 2.05) is 4.90 Å². The number of carbonyl (C=O) groups excluding carboxylic acids is 1. The molecule has 0 aromatic heterocycles. The van der Waals surface area contributed by atoms with Gasteiger partial charge in [-0.1, -0.05) is 12.8 Å². The van der Waals surface area contributed by atoms with Gasteiger partial charge >= 0.3 is 0 Å². The number of hydrogen-bond donors (Lipinski definition) is 2. The van der Waals surface area contributed by atoms with Crippen LogP contribution in [-0.4, -0.2) is 47.2 Å². The van der Waals surface area contributed by atoms with Crippen LogP contribution in [0.3, 0.4) is 0 Å². The smallest absolute Gasteiger partial charge is 0.239 e. The van der Waals surface area contributed by atoms with Gasteiger partial charge in [-0.05, 0) is 45.4 Å². The lowest BCUT2D eigenvalue weighted by Crippen LogP contribution is -2.48. The number of amides is 1. The zero-order valence-corrected chi connectivity index (χ0v) is 12.3. The minimum atomic E-state index is 0.00851. The van der Waals surface area contributed by atoms with Crippen molar-refractivity contribution in [2.45, 2.75) is 70.5 Å². The molecule has 19 heavy (non-hydrogen) atoms. The Morgan fingerprint density at radius 3 is 2.74 bits per heavy atom. The highest BCUT2D eigenvalue weighted by Gasteiger charge is 2.39. The highest BCUT2D eigenvalue weighted by atomic mass is 16.3. The Morgan fingerprint density at radius 1 is 1.37 bits per heavy atom. The molecule has 1 heterocycles.